The molecule has 0 amide bonds. The molecule has 0 heterocycles. The van der Waals surface area contributed by atoms with E-state index in [0.717, 1.165) is 12.1 Å². The number of hydrogen-bond donors (Lipinski definition) is 2. The standard InChI is InChI=1S/C8H9F2NO/c1-4(11)5-2-6(9)8(12)7(10)3-5/h2-4,12H,11H2,1H3/t4-/m1/s1. The maximum absolute atomic E-state index is 12.7. The summed E-state index contributed by atoms with van der Waals surface area (Å²) in [6, 6.07) is 1.58. The third kappa shape index (κ3) is 1.53. The van der Waals surface area contributed by atoms with Gasteiger partial charge in [-0.1, -0.05) is 0 Å². The minimum Gasteiger partial charge on any atom is -0.503 e. The molecule has 0 spiro atoms. The number of aromatic hydroxyl groups is 1. The molecule has 1 atom stereocenters. The lowest BCUT2D eigenvalue weighted by Gasteiger charge is -2.06. The first kappa shape index (κ1) is 8.93. The van der Waals surface area contributed by atoms with Crippen molar-refractivity contribution in [1.82, 2.24) is 0 Å². The Hall–Kier alpha value is -1.16. The summed E-state index contributed by atoms with van der Waals surface area (Å²) in [4.78, 5) is 0. The molecule has 0 aliphatic carbocycles. The van der Waals surface area contributed by atoms with Crippen LogP contribution in [0.2, 0.25) is 0 Å². The summed E-state index contributed by atoms with van der Waals surface area (Å²) in [7, 11) is 0. The lowest BCUT2D eigenvalue weighted by atomic mass is 10.1. The van der Waals surface area contributed by atoms with E-state index in [1.54, 1.807) is 6.92 Å². The molecule has 0 saturated carbocycles. The normalized spacial score (nSPS) is 13.0. The molecule has 1 aromatic rings. The fourth-order valence-electron chi connectivity index (χ4n) is 0.848. The summed E-state index contributed by atoms with van der Waals surface area (Å²) in [5.41, 5.74) is 5.71. The predicted octanol–water partition coefficient (Wildman–Crippen LogP) is 1.69. The van der Waals surface area contributed by atoms with Gasteiger partial charge in [-0.3, -0.25) is 0 Å². The Kier molecular flexibility index (Phi) is 2.28. The zero-order valence-electron chi connectivity index (χ0n) is 6.51. The molecule has 0 radical (unpaired) electrons. The fourth-order valence-corrected chi connectivity index (χ4v) is 0.848. The number of benzene rings is 1. The second-order valence-corrected chi connectivity index (χ2v) is 2.62. The van der Waals surface area contributed by atoms with E-state index >= 15 is 0 Å². The molecule has 0 aliphatic rings. The molecular formula is C8H9F2NO. The monoisotopic (exact) mass is 173 g/mol. The second kappa shape index (κ2) is 3.06. The minimum absolute atomic E-state index is 0.322. The van der Waals surface area contributed by atoms with Crippen LogP contribution in [0.4, 0.5) is 8.78 Å². The highest BCUT2D eigenvalue weighted by Crippen LogP contribution is 2.23. The first-order valence-corrected chi connectivity index (χ1v) is 3.46. The van der Waals surface area contributed by atoms with E-state index in [1.165, 1.54) is 0 Å². The van der Waals surface area contributed by atoms with Gasteiger partial charge in [-0.25, -0.2) is 8.78 Å². The van der Waals surface area contributed by atoms with Crippen LogP contribution in [0.5, 0.6) is 5.75 Å². The van der Waals surface area contributed by atoms with Gasteiger partial charge in [-0.15, -0.1) is 0 Å². The van der Waals surface area contributed by atoms with Crippen molar-refractivity contribution in [2.75, 3.05) is 0 Å². The summed E-state index contributed by atoms with van der Waals surface area (Å²) >= 11 is 0. The smallest absolute Gasteiger partial charge is 0.187 e. The highest BCUT2D eigenvalue weighted by atomic mass is 19.1. The van der Waals surface area contributed by atoms with Gasteiger partial charge in [-0.2, -0.15) is 0 Å². The van der Waals surface area contributed by atoms with Crippen molar-refractivity contribution < 1.29 is 13.9 Å². The lowest BCUT2D eigenvalue weighted by molar-refractivity contribution is 0.395. The van der Waals surface area contributed by atoms with Crippen LogP contribution in [-0.4, -0.2) is 5.11 Å². The number of hydrogen-bond acceptors (Lipinski definition) is 2. The summed E-state index contributed by atoms with van der Waals surface area (Å²) in [6.45, 7) is 1.60. The number of halogens is 2. The van der Waals surface area contributed by atoms with Crippen molar-refractivity contribution >= 4 is 0 Å². The van der Waals surface area contributed by atoms with E-state index in [4.69, 9.17) is 10.8 Å². The zero-order chi connectivity index (χ0) is 9.30. The van der Waals surface area contributed by atoms with E-state index in [-0.39, 0.29) is 0 Å². The van der Waals surface area contributed by atoms with E-state index in [2.05, 4.69) is 0 Å². The summed E-state index contributed by atoms with van der Waals surface area (Å²) in [6.07, 6.45) is 0. The van der Waals surface area contributed by atoms with Gasteiger partial charge in [0.2, 0.25) is 0 Å². The van der Waals surface area contributed by atoms with Crippen molar-refractivity contribution in [2.24, 2.45) is 5.73 Å². The highest BCUT2D eigenvalue weighted by molar-refractivity contribution is 5.31. The summed E-state index contributed by atoms with van der Waals surface area (Å²) in [5.74, 6) is -2.93. The Morgan fingerprint density at radius 2 is 1.75 bits per heavy atom. The number of nitrogens with two attached hydrogens (primary N) is 1. The first-order valence-electron chi connectivity index (χ1n) is 3.46. The van der Waals surface area contributed by atoms with E-state index in [1.807, 2.05) is 0 Å². The van der Waals surface area contributed by atoms with Crippen molar-refractivity contribution in [3.8, 4) is 5.75 Å². The van der Waals surface area contributed by atoms with Gasteiger partial charge < -0.3 is 10.8 Å². The molecule has 0 fully saturated rings. The van der Waals surface area contributed by atoms with Gasteiger partial charge in [-0.05, 0) is 24.6 Å². The molecule has 66 valence electrons. The highest BCUT2D eigenvalue weighted by Gasteiger charge is 2.10. The third-order valence-electron chi connectivity index (χ3n) is 1.57. The van der Waals surface area contributed by atoms with Crippen molar-refractivity contribution in [3.63, 3.8) is 0 Å². The van der Waals surface area contributed by atoms with Crippen LogP contribution >= 0.6 is 0 Å². The number of phenols is 1. The van der Waals surface area contributed by atoms with Crippen LogP contribution in [0.15, 0.2) is 12.1 Å². The Morgan fingerprint density at radius 3 is 2.08 bits per heavy atom. The van der Waals surface area contributed by atoms with Gasteiger partial charge in [0, 0.05) is 6.04 Å². The van der Waals surface area contributed by atoms with Crippen molar-refractivity contribution in [2.45, 2.75) is 13.0 Å². The zero-order valence-corrected chi connectivity index (χ0v) is 6.51. The molecular weight excluding hydrogens is 164 g/mol. The van der Waals surface area contributed by atoms with Crippen LogP contribution in [0.25, 0.3) is 0 Å². The average molecular weight is 173 g/mol. The Labute approximate surface area is 68.6 Å². The molecule has 12 heavy (non-hydrogen) atoms. The minimum atomic E-state index is -0.984. The van der Waals surface area contributed by atoms with Gasteiger partial charge in [0.05, 0.1) is 0 Å². The van der Waals surface area contributed by atoms with Crippen LogP contribution in [0, 0.1) is 11.6 Å². The molecule has 0 bridgehead atoms. The number of phenolic OH excluding ortho intramolecular Hbond substituents is 1. The van der Waals surface area contributed by atoms with E-state index in [9.17, 15) is 8.78 Å². The summed E-state index contributed by atoms with van der Waals surface area (Å²) < 4.78 is 25.3. The maximum Gasteiger partial charge on any atom is 0.187 e. The largest absolute Gasteiger partial charge is 0.503 e. The van der Waals surface area contributed by atoms with E-state index < -0.39 is 23.4 Å². The molecule has 1 rings (SSSR count). The maximum atomic E-state index is 12.7. The van der Waals surface area contributed by atoms with E-state index in [0.29, 0.717) is 5.56 Å². The van der Waals surface area contributed by atoms with Crippen LogP contribution in [0.1, 0.15) is 18.5 Å². The molecule has 3 N–H and O–H groups in total. The molecule has 2 nitrogen and oxygen atoms in total. The molecule has 4 heteroatoms. The number of rotatable bonds is 1. The molecule has 0 aromatic heterocycles. The molecule has 1 aromatic carbocycles. The van der Waals surface area contributed by atoms with Crippen LogP contribution in [-0.2, 0) is 0 Å². The SMILES string of the molecule is C[C@@H](N)c1cc(F)c(O)c(F)c1. The Balaban J connectivity index is 3.21. The Bertz CT molecular complexity index is 276. The fraction of sp³-hybridized carbons (Fsp3) is 0.250. The van der Waals surface area contributed by atoms with Gasteiger partial charge in [0.1, 0.15) is 0 Å². The Morgan fingerprint density at radius 1 is 1.33 bits per heavy atom. The van der Waals surface area contributed by atoms with Gasteiger partial charge in [0.25, 0.3) is 0 Å². The average Bonchev–Trinajstić information content (AvgIpc) is 1.99. The quantitative estimate of drug-likeness (QED) is 0.678. The predicted molar refractivity (Wildman–Crippen MR) is 40.6 cm³/mol. The van der Waals surface area contributed by atoms with Crippen molar-refractivity contribution in [1.29, 1.82) is 0 Å². The molecule has 0 aliphatic heterocycles. The lowest BCUT2D eigenvalue weighted by Crippen LogP contribution is -2.05. The second-order valence-electron chi connectivity index (χ2n) is 2.62. The van der Waals surface area contributed by atoms with Crippen LogP contribution < -0.4 is 5.73 Å². The summed E-state index contributed by atoms with van der Waals surface area (Å²) in [5, 5.41) is 8.72. The molecule has 0 saturated heterocycles. The molecule has 0 unspecified atom stereocenters. The topological polar surface area (TPSA) is 46.2 Å². The van der Waals surface area contributed by atoms with Gasteiger partial charge in [0.15, 0.2) is 17.4 Å². The van der Waals surface area contributed by atoms with Crippen LogP contribution in [0.3, 0.4) is 0 Å². The van der Waals surface area contributed by atoms with Crippen molar-refractivity contribution in [3.05, 3.63) is 29.3 Å². The first-order chi connectivity index (χ1) is 5.52. The third-order valence-corrected chi connectivity index (χ3v) is 1.57. The van der Waals surface area contributed by atoms with Gasteiger partial charge >= 0.3 is 0 Å².